The van der Waals surface area contributed by atoms with Crippen LogP contribution in [0.25, 0.3) is 0 Å². The first-order valence-corrected chi connectivity index (χ1v) is 5.78. The van der Waals surface area contributed by atoms with Crippen LogP contribution >= 0.6 is 0 Å². The van der Waals surface area contributed by atoms with Crippen LogP contribution in [0, 0.1) is 25.2 Å². The molecule has 1 heterocycles. The van der Waals surface area contributed by atoms with Crippen molar-refractivity contribution < 1.29 is 9.53 Å². The first-order valence-electron chi connectivity index (χ1n) is 5.78. The molecule has 5 nitrogen and oxygen atoms in total. The standard InChI is InChI=1S/C13H16N2O3/c1-4-18-12(16)5-6-15-10(3)7-9(2)11(8-14)13(15)17/h7H,4-6H2,1-3H3. The Labute approximate surface area is 106 Å². The van der Waals surface area contributed by atoms with Crippen molar-refractivity contribution >= 4 is 5.97 Å². The maximum absolute atomic E-state index is 12.0. The fourth-order valence-electron chi connectivity index (χ4n) is 1.78. The molecule has 1 aromatic heterocycles. The zero-order valence-electron chi connectivity index (χ0n) is 10.8. The summed E-state index contributed by atoms with van der Waals surface area (Å²) in [6.07, 6.45) is 0.127. The van der Waals surface area contributed by atoms with Gasteiger partial charge in [-0.1, -0.05) is 0 Å². The zero-order valence-corrected chi connectivity index (χ0v) is 10.8. The number of ether oxygens (including phenoxy) is 1. The van der Waals surface area contributed by atoms with Crippen LogP contribution in [0.15, 0.2) is 10.9 Å². The number of aromatic nitrogens is 1. The molecule has 0 saturated heterocycles. The number of carbonyl (C=O) groups excluding carboxylic acids is 1. The number of aryl methyl sites for hydroxylation is 2. The molecule has 0 spiro atoms. The molecule has 1 aromatic rings. The van der Waals surface area contributed by atoms with E-state index in [4.69, 9.17) is 10.00 Å². The van der Waals surface area contributed by atoms with Crippen molar-refractivity contribution in [3.63, 3.8) is 0 Å². The van der Waals surface area contributed by atoms with Gasteiger partial charge < -0.3 is 9.30 Å². The van der Waals surface area contributed by atoms with Crippen LogP contribution in [0.3, 0.4) is 0 Å². The van der Waals surface area contributed by atoms with Gasteiger partial charge in [0.2, 0.25) is 0 Å². The average molecular weight is 248 g/mol. The molecule has 0 bridgehead atoms. The van der Waals surface area contributed by atoms with Crippen LogP contribution < -0.4 is 5.56 Å². The molecule has 0 aliphatic carbocycles. The van der Waals surface area contributed by atoms with Gasteiger partial charge in [-0.25, -0.2) is 0 Å². The maximum atomic E-state index is 12.0. The van der Waals surface area contributed by atoms with Crippen molar-refractivity contribution in [3.8, 4) is 6.07 Å². The van der Waals surface area contributed by atoms with Gasteiger partial charge in [-0.15, -0.1) is 0 Å². The SMILES string of the molecule is CCOC(=O)CCn1c(C)cc(C)c(C#N)c1=O. The highest BCUT2D eigenvalue weighted by Gasteiger charge is 2.11. The summed E-state index contributed by atoms with van der Waals surface area (Å²) in [6.45, 7) is 5.79. The van der Waals surface area contributed by atoms with Crippen molar-refractivity contribution in [1.82, 2.24) is 4.57 Å². The molecule has 96 valence electrons. The second-order valence-electron chi connectivity index (χ2n) is 3.97. The Morgan fingerprint density at radius 1 is 1.50 bits per heavy atom. The van der Waals surface area contributed by atoms with E-state index in [0.29, 0.717) is 12.2 Å². The van der Waals surface area contributed by atoms with Gasteiger partial charge in [0.25, 0.3) is 5.56 Å². The molecule has 5 heteroatoms. The fourth-order valence-corrected chi connectivity index (χ4v) is 1.78. The Bertz CT molecular complexity index is 553. The fraction of sp³-hybridized carbons (Fsp3) is 0.462. The first kappa shape index (κ1) is 14.0. The molecule has 0 fully saturated rings. The minimum Gasteiger partial charge on any atom is -0.466 e. The molecule has 0 aliphatic rings. The minimum atomic E-state index is -0.348. The van der Waals surface area contributed by atoms with Crippen LogP contribution in [-0.2, 0) is 16.1 Å². The number of nitrogens with zero attached hydrogens (tertiary/aromatic N) is 2. The third-order valence-corrected chi connectivity index (χ3v) is 2.66. The van der Waals surface area contributed by atoms with Crippen molar-refractivity contribution in [2.75, 3.05) is 6.61 Å². The number of hydrogen-bond donors (Lipinski definition) is 0. The molecular weight excluding hydrogens is 232 g/mol. The van der Waals surface area contributed by atoms with E-state index in [1.165, 1.54) is 4.57 Å². The van der Waals surface area contributed by atoms with E-state index in [9.17, 15) is 9.59 Å². The van der Waals surface area contributed by atoms with E-state index < -0.39 is 0 Å². The lowest BCUT2D eigenvalue weighted by Gasteiger charge is -2.11. The molecule has 0 amide bonds. The highest BCUT2D eigenvalue weighted by Crippen LogP contribution is 2.06. The van der Waals surface area contributed by atoms with Gasteiger partial charge >= 0.3 is 5.97 Å². The van der Waals surface area contributed by atoms with Gasteiger partial charge in [0.1, 0.15) is 11.6 Å². The zero-order chi connectivity index (χ0) is 13.7. The van der Waals surface area contributed by atoms with Crippen molar-refractivity contribution in [1.29, 1.82) is 5.26 Å². The van der Waals surface area contributed by atoms with Gasteiger partial charge in [0, 0.05) is 12.2 Å². The van der Waals surface area contributed by atoms with Crippen molar-refractivity contribution in [3.05, 3.63) is 33.2 Å². The lowest BCUT2D eigenvalue weighted by Crippen LogP contribution is -2.27. The summed E-state index contributed by atoms with van der Waals surface area (Å²) in [7, 11) is 0. The van der Waals surface area contributed by atoms with Crippen molar-refractivity contribution in [2.45, 2.75) is 33.7 Å². The third kappa shape index (κ3) is 2.98. The normalized spacial score (nSPS) is 9.89. The number of hydrogen-bond acceptors (Lipinski definition) is 4. The maximum Gasteiger partial charge on any atom is 0.307 e. The molecule has 18 heavy (non-hydrogen) atoms. The smallest absolute Gasteiger partial charge is 0.307 e. The summed E-state index contributed by atoms with van der Waals surface area (Å²) >= 11 is 0. The largest absolute Gasteiger partial charge is 0.466 e. The quantitative estimate of drug-likeness (QED) is 0.753. The third-order valence-electron chi connectivity index (χ3n) is 2.66. The second-order valence-corrected chi connectivity index (χ2v) is 3.97. The van der Waals surface area contributed by atoms with Gasteiger partial charge in [0.15, 0.2) is 0 Å². The van der Waals surface area contributed by atoms with E-state index in [1.54, 1.807) is 26.8 Å². The predicted octanol–water partition coefficient (Wildman–Crippen LogP) is 1.29. The number of esters is 1. The van der Waals surface area contributed by atoms with Gasteiger partial charge in [0.05, 0.1) is 13.0 Å². The van der Waals surface area contributed by atoms with Crippen LogP contribution in [0.5, 0.6) is 0 Å². The molecule has 0 aliphatic heterocycles. The van der Waals surface area contributed by atoms with E-state index in [2.05, 4.69) is 0 Å². The Balaban J connectivity index is 3.01. The molecule has 0 N–H and O–H groups in total. The molecule has 0 unspecified atom stereocenters. The summed E-state index contributed by atoms with van der Waals surface area (Å²) in [4.78, 5) is 23.3. The lowest BCUT2D eigenvalue weighted by atomic mass is 10.1. The van der Waals surface area contributed by atoms with Crippen LogP contribution in [0.2, 0.25) is 0 Å². The van der Waals surface area contributed by atoms with Crippen molar-refractivity contribution in [2.24, 2.45) is 0 Å². The van der Waals surface area contributed by atoms with Crippen LogP contribution in [0.4, 0.5) is 0 Å². The van der Waals surface area contributed by atoms with Gasteiger partial charge in [-0.05, 0) is 32.4 Å². The van der Waals surface area contributed by atoms with E-state index >= 15 is 0 Å². The number of nitriles is 1. The number of carbonyl (C=O) groups is 1. The minimum absolute atomic E-state index is 0.127. The molecule has 0 aromatic carbocycles. The Morgan fingerprint density at radius 2 is 2.17 bits per heavy atom. The Kier molecular flexibility index (Phi) is 4.67. The summed E-state index contributed by atoms with van der Waals surface area (Å²) in [5.74, 6) is -0.345. The molecule has 1 rings (SSSR count). The Morgan fingerprint density at radius 3 is 2.72 bits per heavy atom. The molecule has 0 atom stereocenters. The summed E-state index contributed by atoms with van der Waals surface area (Å²) in [6, 6.07) is 3.66. The van der Waals surface area contributed by atoms with Crippen LogP contribution in [0.1, 0.15) is 30.2 Å². The topological polar surface area (TPSA) is 72.1 Å². The molecule has 0 saturated carbocycles. The molecule has 0 radical (unpaired) electrons. The molecular formula is C13H16N2O3. The highest BCUT2D eigenvalue weighted by molar-refractivity contribution is 5.69. The van der Waals surface area contributed by atoms with E-state index in [-0.39, 0.29) is 30.1 Å². The predicted molar refractivity (Wildman–Crippen MR) is 66.1 cm³/mol. The summed E-state index contributed by atoms with van der Waals surface area (Å²) in [5.41, 5.74) is 1.18. The van der Waals surface area contributed by atoms with Crippen LogP contribution in [-0.4, -0.2) is 17.1 Å². The van der Waals surface area contributed by atoms with E-state index in [1.807, 2.05) is 6.07 Å². The monoisotopic (exact) mass is 248 g/mol. The Hall–Kier alpha value is -2.09. The number of rotatable bonds is 4. The highest BCUT2D eigenvalue weighted by atomic mass is 16.5. The second kappa shape index (κ2) is 6.01. The first-order chi connectivity index (χ1) is 8.51. The summed E-state index contributed by atoms with van der Waals surface area (Å²) in [5, 5.41) is 8.92. The van der Waals surface area contributed by atoms with Gasteiger partial charge in [-0.3, -0.25) is 9.59 Å². The average Bonchev–Trinajstić information content (AvgIpc) is 2.29. The van der Waals surface area contributed by atoms with E-state index in [0.717, 1.165) is 5.69 Å². The lowest BCUT2D eigenvalue weighted by molar-refractivity contribution is -0.143. The van der Waals surface area contributed by atoms with Gasteiger partial charge in [-0.2, -0.15) is 5.26 Å². The summed E-state index contributed by atoms with van der Waals surface area (Å²) < 4.78 is 6.24. The number of pyridine rings is 1.